The van der Waals surface area contributed by atoms with E-state index in [4.69, 9.17) is 5.73 Å². The molecule has 2 aliphatic rings. The molecule has 154 valence electrons. The van der Waals surface area contributed by atoms with Crippen LogP contribution < -0.4 is 10.6 Å². The quantitative estimate of drug-likeness (QED) is 0.465. The molecule has 0 bridgehead atoms. The van der Waals surface area contributed by atoms with Crippen molar-refractivity contribution in [3.05, 3.63) is 71.7 Å². The minimum absolute atomic E-state index is 0.0933. The minimum atomic E-state index is -0.421. The van der Waals surface area contributed by atoms with E-state index in [0.29, 0.717) is 29.8 Å². The topological polar surface area (TPSA) is 70.1 Å². The van der Waals surface area contributed by atoms with E-state index < -0.39 is 5.92 Å². The highest BCUT2D eigenvalue weighted by Crippen LogP contribution is 2.51. The molecule has 1 aliphatic carbocycles. The molecule has 7 heteroatoms. The van der Waals surface area contributed by atoms with E-state index in [0.717, 1.165) is 30.1 Å². The molecule has 0 fully saturated rings. The molecule has 0 radical (unpaired) electrons. The highest BCUT2D eigenvalue weighted by molar-refractivity contribution is 9.10. The van der Waals surface area contributed by atoms with E-state index in [2.05, 4.69) is 51.8 Å². The highest BCUT2D eigenvalue weighted by atomic mass is 79.9. The maximum atomic E-state index is 13.4. The zero-order chi connectivity index (χ0) is 21.8. The van der Waals surface area contributed by atoms with E-state index in [9.17, 15) is 10.1 Å². The Kier molecular flexibility index (Phi) is 5.46. The maximum Gasteiger partial charge on any atom is 0.162 e. The summed E-state index contributed by atoms with van der Waals surface area (Å²) in [6.07, 6.45) is 1.17. The molecule has 2 aromatic rings. The summed E-state index contributed by atoms with van der Waals surface area (Å²) in [5.74, 6) is 0.0716. The molecule has 0 saturated heterocycles. The van der Waals surface area contributed by atoms with Crippen LogP contribution in [0.4, 0.5) is 5.69 Å². The summed E-state index contributed by atoms with van der Waals surface area (Å²) in [7, 11) is 0. The number of carbonyl (C=O) groups is 1. The number of hydrogen-bond donors (Lipinski definition) is 1. The molecule has 4 nitrogen and oxygen atoms in total. The van der Waals surface area contributed by atoms with Gasteiger partial charge in [0, 0.05) is 42.1 Å². The summed E-state index contributed by atoms with van der Waals surface area (Å²) in [6.45, 7) is 6.24. The van der Waals surface area contributed by atoms with Crippen molar-refractivity contribution in [3.63, 3.8) is 0 Å². The molecule has 2 N–H and O–H groups in total. The van der Waals surface area contributed by atoms with Gasteiger partial charge in [-0.05, 0) is 65.0 Å². The Hall–Kier alpha value is -1.88. The van der Waals surface area contributed by atoms with Crippen LogP contribution in [0.25, 0.3) is 0 Å². The number of halogens is 2. The van der Waals surface area contributed by atoms with Gasteiger partial charge >= 0.3 is 0 Å². The first kappa shape index (κ1) is 21.4. The van der Waals surface area contributed by atoms with Gasteiger partial charge in [-0.25, -0.2) is 0 Å². The molecule has 1 aliphatic heterocycles. The minimum Gasteiger partial charge on any atom is -0.384 e. The van der Waals surface area contributed by atoms with Gasteiger partial charge < -0.3 is 5.73 Å². The van der Waals surface area contributed by atoms with E-state index in [1.165, 1.54) is 0 Å². The largest absolute Gasteiger partial charge is 0.384 e. The van der Waals surface area contributed by atoms with Crippen LogP contribution in [0.3, 0.4) is 0 Å². The molecule has 4 rings (SSSR count). The molecule has 0 spiro atoms. The zero-order valence-electron chi connectivity index (χ0n) is 16.9. The van der Waals surface area contributed by atoms with Crippen LogP contribution in [0.1, 0.15) is 42.4 Å². The second-order valence-corrected chi connectivity index (χ2v) is 11.6. The molecule has 0 amide bonds. The average Bonchev–Trinajstić information content (AvgIpc) is 2.99. The average molecular weight is 547 g/mol. The summed E-state index contributed by atoms with van der Waals surface area (Å²) < 4.78 is 1.94. The molecular weight excluding hydrogens is 526 g/mol. The first-order valence-corrected chi connectivity index (χ1v) is 12.0. The molecule has 2 heterocycles. The third-order valence-corrected chi connectivity index (χ3v) is 8.36. The number of nitriles is 1. The lowest BCUT2D eigenvalue weighted by molar-refractivity contribution is -0.118. The third-order valence-electron chi connectivity index (χ3n) is 5.63. The van der Waals surface area contributed by atoms with Crippen LogP contribution in [0.2, 0.25) is 0 Å². The van der Waals surface area contributed by atoms with Crippen molar-refractivity contribution < 1.29 is 4.79 Å². The number of thiophene rings is 1. The van der Waals surface area contributed by atoms with Crippen molar-refractivity contribution in [1.82, 2.24) is 0 Å². The number of anilines is 1. The van der Waals surface area contributed by atoms with Crippen molar-refractivity contribution in [2.75, 3.05) is 4.90 Å². The van der Waals surface area contributed by atoms with Gasteiger partial charge in [-0.15, -0.1) is 11.3 Å². The Labute approximate surface area is 197 Å². The number of nitrogens with zero attached hydrogens (tertiary/aromatic N) is 2. The second-order valence-electron chi connectivity index (χ2n) is 8.51. The van der Waals surface area contributed by atoms with Crippen molar-refractivity contribution in [1.29, 1.82) is 5.26 Å². The van der Waals surface area contributed by atoms with Crippen LogP contribution in [-0.4, -0.2) is 5.78 Å². The summed E-state index contributed by atoms with van der Waals surface area (Å²) in [5.41, 5.74) is 9.35. The molecule has 1 unspecified atom stereocenters. The number of aryl methyl sites for hydroxylation is 1. The van der Waals surface area contributed by atoms with E-state index in [1.807, 2.05) is 42.2 Å². The predicted octanol–water partition coefficient (Wildman–Crippen LogP) is 6.52. The predicted molar refractivity (Wildman–Crippen MR) is 128 cm³/mol. The van der Waals surface area contributed by atoms with Crippen LogP contribution >= 0.6 is 43.2 Å². The molecule has 1 atom stereocenters. The first-order chi connectivity index (χ1) is 14.1. The van der Waals surface area contributed by atoms with Crippen LogP contribution in [0.5, 0.6) is 0 Å². The van der Waals surface area contributed by atoms with Crippen molar-refractivity contribution in [3.8, 4) is 6.07 Å². The van der Waals surface area contributed by atoms with E-state index in [1.54, 1.807) is 11.3 Å². The van der Waals surface area contributed by atoms with Gasteiger partial charge in [-0.1, -0.05) is 29.8 Å². The molecular formula is C23H21Br2N3OS. The van der Waals surface area contributed by atoms with Gasteiger partial charge in [0.1, 0.15) is 5.82 Å². The van der Waals surface area contributed by atoms with Gasteiger partial charge in [0.15, 0.2) is 5.78 Å². The monoisotopic (exact) mass is 545 g/mol. The number of allylic oxidation sites excluding steroid dienone is 3. The van der Waals surface area contributed by atoms with E-state index in [-0.39, 0.29) is 11.2 Å². The van der Waals surface area contributed by atoms with Gasteiger partial charge in [-0.2, -0.15) is 5.26 Å². The Morgan fingerprint density at radius 1 is 1.23 bits per heavy atom. The van der Waals surface area contributed by atoms with Gasteiger partial charge in [-0.3, -0.25) is 9.69 Å². The van der Waals surface area contributed by atoms with Crippen molar-refractivity contribution in [2.45, 2.75) is 39.5 Å². The van der Waals surface area contributed by atoms with Gasteiger partial charge in [0.2, 0.25) is 0 Å². The Bertz CT molecular complexity index is 1130. The third kappa shape index (κ3) is 3.55. The number of rotatable bonds is 2. The van der Waals surface area contributed by atoms with Crippen LogP contribution in [0, 0.1) is 23.7 Å². The molecule has 1 aromatic heterocycles. The number of carbonyl (C=O) groups excluding carboxylic acids is 1. The molecule has 30 heavy (non-hydrogen) atoms. The number of nitrogens with two attached hydrogens (primary N) is 1. The summed E-state index contributed by atoms with van der Waals surface area (Å²) in [6, 6.07) is 12.1. The Morgan fingerprint density at radius 3 is 2.47 bits per heavy atom. The summed E-state index contributed by atoms with van der Waals surface area (Å²) >= 11 is 8.65. The molecule has 1 aromatic carbocycles. The maximum absolute atomic E-state index is 13.4. The number of hydrogen-bond acceptors (Lipinski definition) is 5. The van der Waals surface area contributed by atoms with Crippen molar-refractivity contribution >= 4 is 54.7 Å². The van der Waals surface area contributed by atoms with Crippen LogP contribution in [-0.2, 0) is 4.79 Å². The fourth-order valence-corrected chi connectivity index (χ4v) is 6.25. The van der Waals surface area contributed by atoms with Crippen LogP contribution in [0.15, 0.2) is 61.9 Å². The fourth-order valence-electron chi connectivity index (χ4n) is 4.30. The second kappa shape index (κ2) is 7.67. The first-order valence-electron chi connectivity index (χ1n) is 9.60. The summed E-state index contributed by atoms with van der Waals surface area (Å²) in [4.78, 5) is 17.4. The Balaban J connectivity index is 2.00. The van der Waals surface area contributed by atoms with E-state index >= 15 is 0 Å². The van der Waals surface area contributed by atoms with Gasteiger partial charge in [0.25, 0.3) is 0 Å². The number of benzene rings is 1. The lowest BCUT2D eigenvalue weighted by Gasteiger charge is -2.43. The fraction of sp³-hybridized carbons (Fsp3) is 0.304. The number of ketones is 1. The summed E-state index contributed by atoms with van der Waals surface area (Å²) in [5, 5.41) is 10.1. The number of Topliss-reactive ketones (excluding diaryl/α,β-unsaturated/α-hetero) is 1. The lowest BCUT2D eigenvalue weighted by atomic mass is 9.69. The smallest absolute Gasteiger partial charge is 0.162 e. The lowest BCUT2D eigenvalue weighted by Crippen LogP contribution is -2.42. The zero-order valence-corrected chi connectivity index (χ0v) is 20.9. The van der Waals surface area contributed by atoms with Crippen molar-refractivity contribution in [2.24, 2.45) is 11.1 Å². The normalized spacial score (nSPS) is 21.0. The highest BCUT2D eigenvalue weighted by Gasteiger charge is 2.45. The standard InChI is InChI=1S/C23H21Br2N3OS/c1-12-16(25)8-19(30-12)20-15(11-26)22(27)28(14-6-4-13(24)5-7-14)17-9-23(2,3)10-18(29)21(17)20/h4-8,20H,9-10,27H2,1-3H3. The SMILES string of the molecule is Cc1sc(C2C(C#N)=C(N)N(c3ccc(Br)cc3)C3=C2C(=O)CC(C)(C)C3)cc1Br. The Morgan fingerprint density at radius 2 is 1.90 bits per heavy atom. The van der Waals surface area contributed by atoms with Gasteiger partial charge in [0.05, 0.1) is 17.6 Å². The molecule has 0 saturated carbocycles.